The van der Waals surface area contributed by atoms with Gasteiger partial charge in [0.15, 0.2) is 5.65 Å². The van der Waals surface area contributed by atoms with Crippen molar-refractivity contribution in [2.24, 2.45) is 0 Å². The Hall–Kier alpha value is -3.01. The van der Waals surface area contributed by atoms with E-state index in [4.69, 9.17) is 32.7 Å². The van der Waals surface area contributed by atoms with Crippen LogP contribution in [0, 0.1) is 11.3 Å². The number of aromatic nitrogens is 2. The third-order valence-electron chi connectivity index (χ3n) is 3.67. The second kappa shape index (κ2) is 8.12. The van der Waals surface area contributed by atoms with E-state index in [0.717, 1.165) is 5.56 Å². The summed E-state index contributed by atoms with van der Waals surface area (Å²) >= 11 is 12.2. The molecule has 0 aliphatic rings. The highest BCUT2D eigenvalue weighted by Crippen LogP contribution is 2.29. The molecule has 6 nitrogen and oxygen atoms in total. The molecule has 0 saturated carbocycles. The standard InChI is InChI=1S/C19H13Cl2N3O3/c1-26-18-16(24-10-14(20)8-15(21)17(24)23-18)7-13(9-22)19(25)27-11-12-5-3-2-4-6-12/h2-8,10H,11H2,1H3/b13-7-. The van der Waals surface area contributed by atoms with Crippen LogP contribution in [0.2, 0.25) is 10.0 Å². The number of hydrogen-bond acceptors (Lipinski definition) is 5. The van der Waals surface area contributed by atoms with Crippen molar-refractivity contribution in [2.75, 3.05) is 7.11 Å². The summed E-state index contributed by atoms with van der Waals surface area (Å²) in [7, 11) is 1.42. The van der Waals surface area contributed by atoms with E-state index in [-0.39, 0.29) is 18.1 Å². The fourth-order valence-corrected chi connectivity index (χ4v) is 2.94. The van der Waals surface area contributed by atoms with Gasteiger partial charge in [-0.2, -0.15) is 10.2 Å². The summed E-state index contributed by atoms with van der Waals surface area (Å²) in [4.78, 5) is 16.6. The summed E-state index contributed by atoms with van der Waals surface area (Å²) in [6, 6.07) is 12.6. The number of esters is 1. The zero-order valence-corrected chi connectivity index (χ0v) is 15.7. The topological polar surface area (TPSA) is 76.6 Å². The molecule has 136 valence electrons. The van der Waals surface area contributed by atoms with Crippen LogP contribution >= 0.6 is 23.2 Å². The number of nitriles is 1. The number of carbonyl (C=O) groups excluding carboxylic acids is 1. The largest absolute Gasteiger partial charge is 0.479 e. The third kappa shape index (κ3) is 4.05. The quantitative estimate of drug-likeness (QED) is 0.361. The minimum Gasteiger partial charge on any atom is -0.479 e. The molecular weight excluding hydrogens is 389 g/mol. The first-order chi connectivity index (χ1) is 13.0. The first-order valence-electron chi connectivity index (χ1n) is 7.77. The van der Waals surface area contributed by atoms with Gasteiger partial charge in [0.2, 0.25) is 5.88 Å². The molecule has 0 atom stereocenters. The van der Waals surface area contributed by atoms with Gasteiger partial charge in [0.1, 0.15) is 23.9 Å². The van der Waals surface area contributed by atoms with Crippen molar-refractivity contribution < 1.29 is 14.3 Å². The van der Waals surface area contributed by atoms with Crippen molar-refractivity contribution in [3.8, 4) is 11.9 Å². The van der Waals surface area contributed by atoms with Crippen LogP contribution < -0.4 is 4.74 Å². The molecule has 3 aromatic rings. The van der Waals surface area contributed by atoms with E-state index in [2.05, 4.69) is 4.98 Å². The number of nitrogens with zero attached hydrogens (tertiary/aromatic N) is 3. The van der Waals surface area contributed by atoms with Crippen LogP contribution in [0.1, 0.15) is 11.3 Å². The molecule has 0 fully saturated rings. The van der Waals surface area contributed by atoms with Gasteiger partial charge >= 0.3 is 5.97 Å². The predicted molar refractivity (Wildman–Crippen MR) is 102 cm³/mol. The summed E-state index contributed by atoms with van der Waals surface area (Å²) < 4.78 is 12.0. The number of halogens is 2. The summed E-state index contributed by atoms with van der Waals surface area (Å²) in [5.74, 6) is -0.561. The van der Waals surface area contributed by atoms with E-state index >= 15 is 0 Å². The third-order valence-corrected chi connectivity index (χ3v) is 4.16. The van der Waals surface area contributed by atoms with Gasteiger partial charge in [0.25, 0.3) is 0 Å². The molecule has 0 spiro atoms. The summed E-state index contributed by atoms with van der Waals surface area (Å²) in [5, 5.41) is 10.1. The Bertz CT molecular complexity index is 1070. The second-order valence-electron chi connectivity index (χ2n) is 5.44. The molecule has 0 N–H and O–H groups in total. The molecular formula is C19H13Cl2N3O3. The van der Waals surface area contributed by atoms with Crippen LogP contribution in [0.15, 0.2) is 48.2 Å². The summed E-state index contributed by atoms with van der Waals surface area (Å²) in [6.45, 7) is 0.0562. The highest BCUT2D eigenvalue weighted by Gasteiger charge is 2.18. The van der Waals surface area contributed by atoms with Crippen LogP contribution in [0.3, 0.4) is 0 Å². The predicted octanol–water partition coefficient (Wildman–Crippen LogP) is 4.30. The SMILES string of the molecule is COc1nc2c(Cl)cc(Cl)cn2c1/C=C(/C#N)C(=O)OCc1ccccc1. The van der Waals surface area contributed by atoms with E-state index in [9.17, 15) is 10.1 Å². The number of hydrogen-bond donors (Lipinski definition) is 0. The van der Waals surface area contributed by atoms with E-state index < -0.39 is 5.97 Å². The molecule has 0 unspecified atom stereocenters. The van der Waals surface area contributed by atoms with E-state index in [1.165, 1.54) is 19.3 Å². The Morgan fingerprint density at radius 3 is 2.74 bits per heavy atom. The smallest absolute Gasteiger partial charge is 0.349 e. The van der Waals surface area contributed by atoms with Crippen molar-refractivity contribution in [3.63, 3.8) is 0 Å². The van der Waals surface area contributed by atoms with Crippen LogP contribution in [-0.2, 0) is 16.1 Å². The van der Waals surface area contributed by atoms with Crippen molar-refractivity contribution >= 4 is 40.9 Å². The Morgan fingerprint density at radius 1 is 1.33 bits per heavy atom. The maximum Gasteiger partial charge on any atom is 0.349 e. The lowest BCUT2D eigenvalue weighted by Gasteiger charge is -2.05. The zero-order valence-electron chi connectivity index (χ0n) is 14.1. The molecule has 0 aliphatic carbocycles. The molecule has 0 amide bonds. The van der Waals surface area contributed by atoms with Gasteiger partial charge in [0.05, 0.1) is 17.2 Å². The van der Waals surface area contributed by atoms with Crippen molar-refractivity contribution in [3.05, 3.63) is 69.5 Å². The van der Waals surface area contributed by atoms with Gasteiger partial charge in [0, 0.05) is 6.20 Å². The number of pyridine rings is 1. The number of imidazole rings is 1. The fourth-order valence-electron chi connectivity index (χ4n) is 2.43. The van der Waals surface area contributed by atoms with Crippen LogP contribution in [0.5, 0.6) is 5.88 Å². The maximum absolute atomic E-state index is 12.3. The lowest BCUT2D eigenvalue weighted by molar-refractivity contribution is -0.139. The molecule has 0 saturated heterocycles. The molecule has 0 aliphatic heterocycles. The zero-order chi connectivity index (χ0) is 19.4. The number of methoxy groups -OCH3 is 1. The lowest BCUT2D eigenvalue weighted by Crippen LogP contribution is -2.07. The highest BCUT2D eigenvalue weighted by atomic mass is 35.5. The molecule has 1 aromatic carbocycles. The Morgan fingerprint density at radius 2 is 2.07 bits per heavy atom. The maximum atomic E-state index is 12.3. The Kier molecular flexibility index (Phi) is 5.65. The minimum absolute atomic E-state index is 0.0562. The Balaban J connectivity index is 1.95. The normalized spacial score (nSPS) is 11.3. The number of carbonyl (C=O) groups is 1. The average Bonchev–Trinajstić information content (AvgIpc) is 3.02. The molecule has 8 heteroatoms. The first kappa shape index (κ1) is 18.8. The molecule has 2 aromatic heterocycles. The van der Waals surface area contributed by atoms with Gasteiger partial charge in [-0.1, -0.05) is 53.5 Å². The van der Waals surface area contributed by atoms with Gasteiger partial charge in [-0.15, -0.1) is 0 Å². The number of benzene rings is 1. The molecule has 0 bridgehead atoms. The van der Waals surface area contributed by atoms with Crippen molar-refractivity contribution in [2.45, 2.75) is 6.61 Å². The number of ether oxygens (including phenoxy) is 2. The fraction of sp³-hybridized carbons (Fsp3) is 0.105. The molecule has 2 heterocycles. The monoisotopic (exact) mass is 401 g/mol. The van der Waals surface area contributed by atoms with E-state index in [1.54, 1.807) is 10.6 Å². The van der Waals surface area contributed by atoms with Gasteiger partial charge in [-0.05, 0) is 17.7 Å². The van der Waals surface area contributed by atoms with E-state index in [1.807, 2.05) is 36.4 Å². The number of rotatable bonds is 5. The van der Waals surface area contributed by atoms with Crippen LogP contribution in [-0.4, -0.2) is 22.5 Å². The molecule has 27 heavy (non-hydrogen) atoms. The average molecular weight is 402 g/mol. The van der Waals surface area contributed by atoms with Gasteiger partial charge in [-0.3, -0.25) is 4.40 Å². The summed E-state index contributed by atoms with van der Waals surface area (Å²) in [5.41, 5.74) is 1.35. The summed E-state index contributed by atoms with van der Waals surface area (Å²) in [6.07, 6.45) is 2.90. The second-order valence-corrected chi connectivity index (χ2v) is 6.28. The highest BCUT2D eigenvalue weighted by molar-refractivity contribution is 6.36. The number of fused-ring (bicyclic) bond motifs is 1. The molecule has 0 radical (unpaired) electrons. The lowest BCUT2D eigenvalue weighted by atomic mass is 10.2. The molecule has 3 rings (SSSR count). The van der Waals surface area contributed by atoms with Crippen LogP contribution in [0.25, 0.3) is 11.7 Å². The van der Waals surface area contributed by atoms with Crippen LogP contribution in [0.4, 0.5) is 0 Å². The van der Waals surface area contributed by atoms with Gasteiger partial charge in [-0.25, -0.2) is 4.79 Å². The minimum atomic E-state index is -0.758. The van der Waals surface area contributed by atoms with E-state index in [0.29, 0.717) is 21.4 Å². The van der Waals surface area contributed by atoms with Crippen molar-refractivity contribution in [1.29, 1.82) is 5.26 Å². The first-order valence-corrected chi connectivity index (χ1v) is 8.53. The van der Waals surface area contributed by atoms with Gasteiger partial charge < -0.3 is 9.47 Å². The van der Waals surface area contributed by atoms with Crippen molar-refractivity contribution in [1.82, 2.24) is 9.38 Å². The Labute approximate surface area is 165 Å².